The number of hydrogen-bond acceptors (Lipinski definition) is 3. The first-order chi connectivity index (χ1) is 6.84. The van der Waals surface area contributed by atoms with Crippen LogP contribution in [0, 0.1) is 0 Å². The fourth-order valence-corrected chi connectivity index (χ4v) is 2.92. The van der Waals surface area contributed by atoms with Crippen molar-refractivity contribution in [3.05, 3.63) is 0 Å². The van der Waals surface area contributed by atoms with Gasteiger partial charge in [0.2, 0.25) is 0 Å². The average molecular weight is 216 g/mol. The van der Waals surface area contributed by atoms with Gasteiger partial charge in [-0.3, -0.25) is 4.90 Å². The molecule has 2 nitrogen and oxygen atoms in total. The van der Waals surface area contributed by atoms with Gasteiger partial charge >= 0.3 is 0 Å². The van der Waals surface area contributed by atoms with E-state index in [0.29, 0.717) is 0 Å². The van der Waals surface area contributed by atoms with E-state index >= 15 is 0 Å². The highest BCUT2D eigenvalue weighted by Gasteiger charge is 2.17. The Morgan fingerprint density at radius 3 is 3.00 bits per heavy atom. The highest BCUT2D eigenvalue weighted by Crippen LogP contribution is 2.16. The number of rotatable bonds is 6. The van der Waals surface area contributed by atoms with Crippen molar-refractivity contribution >= 4 is 11.8 Å². The van der Waals surface area contributed by atoms with Crippen LogP contribution in [0.15, 0.2) is 0 Å². The van der Waals surface area contributed by atoms with Crippen LogP contribution in [0.2, 0.25) is 0 Å². The summed E-state index contributed by atoms with van der Waals surface area (Å²) < 4.78 is 0. The molecule has 3 heteroatoms. The molecule has 0 aliphatic carbocycles. The van der Waals surface area contributed by atoms with Crippen LogP contribution in [-0.2, 0) is 0 Å². The Labute approximate surface area is 92.8 Å². The predicted molar refractivity (Wildman–Crippen MR) is 66.1 cm³/mol. The van der Waals surface area contributed by atoms with Gasteiger partial charge in [-0.05, 0) is 39.4 Å². The molecule has 0 aromatic heterocycles. The van der Waals surface area contributed by atoms with Crippen LogP contribution in [0.1, 0.15) is 26.7 Å². The van der Waals surface area contributed by atoms with E-state index in [-0.39, 0.29) is 0 Å². The van der Waals surface area contributed by atoms with Gasteiger partial charge in [0.15, 0.2) is 0 Å². The summed E-state index contributed by atoms with van der Waals surface area (Å²) in [5, 5.41) is 3.37. The highest BCUT2D eigenvalue weighted by atomic mass is 32.2. The molecule has 0 amide bonds. The molecule has 0 aromatic carbocycles. The fourth-order valence-electron chi connectivity index (χ4n) is 1.84. The molecule has 1 N–H and O–H groups in total. The van der Waals surface area contributed by atoms with Gasteiger partial charge in [-0.25, -0.2) is 0 Å². The lowest BCUT2D eigenvalue weighted by Crippen LogP contribution is -2.40. The summed E-state index contributed by atoms with van der Waals surface area (Å²) in [6, 6.07) is 0.799. The van der Waals surface area contributed by atoms with Crippen molar-refractivity contribution in [3.63, 3.8) is 0 Å². The van der Waals surface area contributed by atoms with Crippen LogP contribution in [-0.4, -0.2) is 48.6 Å². The Bertz CT molecular complexity index is 141. The molecule has 0 radical (unpaired) electrons. The minimum absolute atomic E-state index is 0.799. The smallest absolute Gasteiger partial charge is 0.0158 e. The van der Waals surface area contributed by atoms with Crippen LogP contribution in [0.5, 0.6) is 0 Å². The Hall–Kier alpha value is 0.270. The summed E-state index contributed by atoms with van der Waals surface area (Å²) in [7, 11) is 0. The monoisotopic (exact) mass is 216 g/mol. The van der Waals surface area contributed by atoms with Crippen molar-refractivity contribution in [2.75, 3.05) is 37.7 Å². The van der Waals surface area contributed by atoms with Crippen molar-refractivity contribution in [2.45, 2.75) is 32.7 Å². The molecule has 1 heterocycles. The number of unbranched alkanes of at least 4 members (excludes halogenated alkanes) is 1. The summed E-state index contributed by atoms with van der Waals surface area (Å²) in [5.74, 6) is 2.66. The zero-order valence-electron chi connectivity index (χ0n) is 9.59. The Kier molecular flexibility index (Phi) is 6.65. The number of thioether (sulfide) groups is 1. The van der Waals surface area contributed by atoms with Crippen LogP contribution in [0.3, 0.4) is 0 Å². The molecule has 0 bridgehead atoms. The molecular formula is C11H24N2S. The van der Waals surface area contributed by atoms with E-state index in [9.17, 15) is 0 Å². The van der Waals surface area contributed by atoms with Crippen molar-refractivity contribution in [1.29, 1.82) is 0 Å². The first kappa shape index (κ1) is 12.3. The third kappa shape index (κ3) is 4.67. The van der Waals surface area contributed by atoms with E-state index < -0.39 is 0 Å². The Morgan fingerprint density at radius 2 is 2.29 bits per heavy atom. The lowest BCUT2D eigenvalue weighted by molar-refractivity contribution is 0.228. The third-order valence-electron chi connectivity index (χ3n) is 2.80. The van der Waals surface area contributed by atoms with Gasteiger partial charge < -0.3 is 5.32 Å². The summed E-state index contributed by atoms with van der Waals surface area (Å²) in [4.78, 5) is 2.64. The van der Waals surface area contributed by atoms with Gasteiger partial charge in [0.05, 0.1) is 0 Å². The van der Waals surface area contributed by atoms with Crippen molar-refractivity contribution in [3.8, 4) is 0 Å². The second-order valence-electron chi connectivity index (χ2n) is 4.02. The lowest BCUT2D eigenvalue weighted by Gasteiger charge is -2.32. The average Bonchev–Trinajstić information content (AvgIpc) is 2.20. The van der Waals surface area contributed by atoms with E-state index in [4.69, 9.17) is 0 Å². The molecule has 1 aliphatic rings. The van der Waals surface area contributed by atoms with Gasteiger partial charge in [-0.1, -0.05) is 6.92 Å². The largest absolute Gasteiger partial charge is 0.317 e. The highest BCUT2D eigenvalue weighted by molar-refractivity contribution is 7.99. The number of nitrogens with one attached hydrogen (secondary N) is 1. The van der Waals surface area contributed by atoms with Gasteiger partial charge in [0, 0.05) is 24.1 Å². The zero-order chi connectivity index (χ0) is 10.2. The summed E-state index contributed by atoms with van der Waals surface area (Å²) in [6.07, 6.45) is 2.67. The van der Waals surface area contributed by atoms with Crippen LogP contribution in [0.25, 0.3) is 0 Å². The van der Waals surface area contributed by atoms with E-state index in [1.54, 1.807) is 0 Å². The second-order valence-corrected chi connectivity index (χ2v) is 5.17. The topological polar surface area (TPSA) is 15.3 Å². The van der Waals surface area contributed by atoms with Crippen molar-refractivity contribution < 1.29 is 0 Å². The van der Waals surface area contributed by atoms with Gasteiger partial charge in [0.25, 0.3) is 0 Å². The summed E-state index contributed by atoms with van der Waals surface area (Å²) >= 11 is 2.10. The van der Waals surface area contributed by atoms with Gasteiger partial charge in [-0.2, -0.15) is 11.8 Å². The van der Waals surface area contributed by atoms with Gasteiger partial charge in [-0.15, -0.1) is 0 Å². The van der Waals surface area contributed by atoms with Crippen LogP contribution >= 0.6 is 11.8 Å². The molecule has 84 valence electrons. The number of hydrogen-bond donors (Lipinski definition) is 1. The van der Waals surface area contributed by atoms with E-state index in [2.05, 4.69) is 35.8 Å². The van der Waals surface area contributed by atoms with E-state index in [1.807, 2.05) is 0 Å². The quantitative estimate of drug-likeness (QED) is 0.682. The molecule has 0 saturated carbocycles. The van der Waals surface area contributed by atoms with Crippen molar-refractivity contribution in [1.82, 2.24) is 10.2 Å². The third-order valence-corrected chi connectivity index (χ3v) is 3.99. The Balaban J connectivity index is 1.99. The summed E-state index contributed by atoms with van der Waals surface area (Å²) in [5.41, 5.74) is 0. The molecule has 1 fully saturated rings. The lowest BCUT2D eigenvalue weighted by atomic mass is 10.2. The minimum Gasteiger partial charge on any atom is -0.317 e. The van der Waals surface area contributed by atoms with Crippen LogP contribution in [0.4, 0.5) is 0 Å². The number of nitrogens with zero attached hydrogens (tertiary/aromatic N) is 1. The first-order valence-corrected chi connectivity index (χ1v) is 7.02. The standard InChI is InChI=1S/C11H24N2S/c1-3-12-6-4-5-7-13-8-9-14-10-11(13)2/h11-12H,3-10H2,1-2H3. The molecule has 1 rings (SSSR count). The molecule has 0 spiro atoms. The second kappa shape index (κ2) is 7.55. The molecule has 1 saturated heterocycles. The molecule has 1 unspecified atom stereocenters. The SMILES string of the molecule is CCNCCCCN1CCSCC1C. The van der Waals surface area contributed by atoms with Gasteiger partial charge in [0.1, 0.15) is 0 Å². The van der Waals surface area contributed by atoms with E-state index in [0.717, 1.165) is 12.6 Å². The summed E-state index contributed by atoms with van der Waals surface area (Å²) in [6.45, 7) is 9.42. The van der Waals surface area contributed by atoms with Crippen molar-refractivity contribution in [2.24, 2.45) is 0 Å². The molecular weight excluding hydrogens is 192 g/mol. The molecule has 14 heavy (non-hydrogen) atoms. The minimum atomic E-state index is 0.799. The molecule has 0 aromatic rings. The van der Waals surface area contributed by atoms with Crippen LogP contribution < -0.4 is 5.32 Å². The van der Waals surface area contributed by atoms with E-state index in [1.165, 1.54) is 44.0 Å². The normalized spacial score (nSPS) is 24.0. The maximum atomic E-state index is 3.37. The maximum Gasteiger partial charge on any atom is 0.0158 e. The predicted octanol–water partition coefficient (Wildman–Crippen LogP) is 1.81. The zero-order valence-corrected chi connectivity index (χ0v) is 10.4. The fraction of sp³-hybridized carbons (Fsp3) is 1.00. The maximum absolute atomic E-state index is 3.37. The molecule has 1 atom stereocenters. The molecule has 1 aliphatic heterocycles. The first-order valence-electron chi connectivity index (χ1n) is 5.87. The Morgan fingerprint density at radius 1 is 1.43 bits per heavy atom.